The van der Waals surface area contributed by atoms with Crippen molar-refractivity contribution in [1.82, 2.24) is 19.5 Å². The number of aromatic nitrogens is 4. The van der Waals surface area contributed by atoms with E-state index in [-0.39, 0.29) is 0 Å². The first kappa shape index (κ1) is 19.3. The normalized spacial score (nSPS) is 13.4. The molecule has 8 heteroatoms. The first-order chi connectivity index (χ1) is 14.6. The van der Waals surface area contributed by atoms with Crippen LogP contribution in [0.2, 0.25) is 5.02 Å². The van der Waals surface area contributed by atoms with Crippen LogP contribution in [0.4, 0.5) is 5.82 Å². The minimum absolute atomic E-state index is 0.604. The first-order valence-corrected chi connectivity index (χ1v) is 11.2. The van der Waals surface area contributed by atoms with Crippen molar-refractivity contribution in [2.75, 3.05) is 12.4 Å². The Bertz CT molecular complexity index is 1230. The molecule has 0 radical (unpaired) electrons. The van der Waals surface area contributed by atoms with E-state index in [9.17, 15) is 0 Å². The van der Waals surface area contributed by atoms with Gasteiger partial charge in [-0.3, -0.25) is 4.57 Å². The second-order valence-corrected chi connectivity index (χ2v) is 8.92. The molecule has 3 aromatic heterocycles. The third kappa shape index (κ3) is 3.42. The van der Waals surface area contributed by atoms with Crippen molar-refractivity contribution in [2.24, 2.45) is 0 Å². The highest BCUT2D eigenvalue weighted by Crippen LogP contribution is 2.39. The summed E-state index contributed by atoms with van der Waals surface area (Å²) in [7, 11) is 1.62. The molecule has 0 bridgehead atoms. The van der Waals surface area contributed by atoms with E-state index >= 15 is 0 Å². The van der Waals surface area contributed by atoms with E-state index in [1.807, 2.05) is 35.9 Å². The molecule has 3 heterocycles. The molecule has 0 spiro atoms. The van der Waals surface area contributed by atoms with E-state index in [4.69, 9.17) is 26.3 Å². The first-order valence-electron chi connectivity index (χ1n) is 10.0. The molecule has 6 nitrogen and oxygen atoms in total. The van der Waals surface area contributed by atoms with Crippen molar-refractivity contribution in [1.29, 1.82) is 0 Å². The predicted octanol–water partition coefficient (Wildman–Crippen LogP) is 5.34. The van der Waals surface area contributed by atoms with Gasteiger partial charge in [-0.25, -0.2) is 9.97 Å². The largest absolute Gasteiger partial charge is 0.495 e. The smallest absolute Gasteiger partial charge is 0.238 e. The number of methoxy groups -OCH3 is 1. The summed E-state index contributed by atoms with van der Waals surface area (Å²) in [4.78, 5) is 16.6. The molecule has 1 aliphatic carbocycles. The second-order valence-electron chi connectivity index (χ2n) is 7.43. The Morgan fingerprint density at radius 1 is 1.23 bits per heavy atom. The van der Waals surface area contributed by atoms with Gasteiger partial charge >= 0.3 is 0 Å². The number of imidazole rings is 1. The number of ether oxygens (including phenoxy) is 1. The third-order valence-corrected chi connectivity index (χ3v) is 7.00. The number of halogens is 1. The summed E-state index contributed by atoms with van der Waals surface area (Å²) in [5.74, 6) is 3.05. The summed E-state index contributed by atoms with van der Waals surface area (Å²) >= 11 is 8.10. The molecular formula is C22H22ClN5OS. The summed E-state index contributed by atoms with van der Waals surface area (Å²) in [6, 6.07) is 5.83. The van der Waals surface area contributed by atoms with E-state index in [2.05, 4.69) is 10.3 Å². The molecule has 154 valence electrons. The number of hydrogen-bond acceptors (Lipinski definition) is 6. The summed E-state index contributed by atoms with van der Waals surface area (Å²) in [6.07, 6.45) is 8.35. The number of hydrogen-bond donors (Lipinski definition) is 1. The van der Waals surface area contributed by atoms with Crippen LogP contribution in [0.15, 0.2) is 30.6 Å². The Hall–Kier alpha value is -2.64. The van der Waals surface area contributed by atoms with Crippen LogP contribution in [0.5, 0.6) is 5.75 Å². The van der Waals surface area contributed by atoms with Crippen LogP contribution in [0, 0.1) is 6.92 Å². The van der Waals surface area contributed by atoms with Gasteiger partial charge in [0.1, 0.15) is 22.2 Å². The maximum atomic E-state index is 6.31. The van der Waals surface area contributed by atoms with Crippen molar-refractivity contribution in [2.45, 2.75) is 39.2 Å². The Balaban J connectivity index is 1.57. The van der Waals surface area contributed by atoms with Crippen LogP contribution < -0.4 is 10.1 Å². The monoisotopic (exact) mass is 439 g/mol. The van der Waals surface area contributed by atoms with Crippen LogP contribution >= 0.6 is 22.9 Å². The predicted molar refractivity (Wildman–Crippen MR) is 121 cm³/mol. The molecule has 1 aliphatic rings. The van der Waals surface area contributed by atoms with E-state index in [1.165, 1.54) is 23.3 Å². The molecule has 1 aromatic carbocycles. The summed E-state index contributed by atoms with van der Waals surface area (Å²) in [5.41, 5.74) is 2.47. The lowest BCUT2D eigenvalue weighted by Crippen LogP contribution is -2.08. The lowest BCUT2D eigenvalue weighted by atomic mass is 9.97. The van der Waals surface area contributed by atoms with Crippen LogP contribution in [-0.4, -0.2) is 26.6 Å². The highest BCUT2D eigenvalue weighted by atomic mass is 35.5. The maximum Gasteiger partial charge on any atom is 0.238 e. The fourth-order valence-electron chi connectivity index (χ4n) is 3.98. The quantitative estimate of drug-likeness (QED) is 0.454. The van der Waals surface area contributed by atoms with Gasteiger partial charge in [-0.05, 0) is 55.9 Å². The minimum atomic E-state index is 0.604. The summed E-state index contributed by atoms with van der Waals surface area (Å²) in [6.45, 7) is 2.57. The molecule has 1 N–H and O–H groups in total. The number of aryl methyl sites for hydroxylation is 3. The molecule has 0 aliphatic heterocycles. The maximum absolute atomic E-state index is 6.31. The molecule has 0 unspecified atom stereocenters. The third-order valence-electron chi connectivity index (χ3n) is 5.52. The Labute approximate surface area is 183 Å². The topological polar surface area (TPSA) is 64.9 Å². The Morgan fingerprint density at radius 2 is 2.10 bits per heavy atom. The molecule has 0 amide bonds. The van der Waals surface area contributed by atoms with E-state index in [0.717, 1.165) is 40.3 Å². The van der Waals surface area contributed by atoms with E-state index < -0.39 is 0 Å². The lowest BCUT2D eigenvalue weighted by molar-refractivity contribution is 0.415. The van der Waals surface area contributed by atoms with Gasteiger partial charge in [0.05, 0.1) is 17.5 Å². The van der Waals surface area contributed by atoms with Gasteiger partial charge < -0.3 is 10.1 Å². The Morgan fingerprint density at radius 3 is 2.87 bits per heavy atom. The number of rotatable bonds is 5. The van der Waals surface area contributed by atoms with Gasteiger partial charge in [0.15, 0.2) is 0 Å². The number of nitrogens with one attached hydrogen (secondary N) is 1. The second kappa shape index (κ2) is 7.89. The zero-order chi connectivity index (χ0) is 20.7. The average molecular weight is 440 g/mol. The van der Waals surface area contributed by atoms with Gasteiger partial charge in [-0.1, -0.05) is 17.7 Å². The van der Waals surface area contributed by atoms with Gasteiger partial charge in [0.25, 0.3) is 0 Å². The Kier molecular flexibility index (Phi) is 5.08. The molecule has 0 saturated heterocycles. The van der Waals surface area contributed by atoms with E-state index in [0.29, 0.717) is 23.3 Å². The van der Waals surface area contributed by atoms with Crippen molar-refractivity contribution < 1.29 is 4.74 Å². The molecule has 30 heavy (non-hydrogen) atoms. The van der Waals surface area contributed by atoms with Crippen molar-refractivity contribution in [3.05, 3.63) is 57.4 Å². The molecule has 0 fully saturated rings. The van der Waals surface area contributed by atoms with Crippen molar-refractivity contribution in [3.63, 3.8) is 0 Å². The number of fused-ring (bicyclic) bond motifs is 3. The van der Waals surface area contributed by atoms with Crippen molar-refractivity contribution >= 4 is 39.0 Å². The highest BCUT2D eigenvalue weighted by molar-refractivity contribution is 7.19. The standard InChI is InChI=1S/C22H22ClN5OS/c1-13-24-9-10-28(13)22-26-20(25-12-14-7-8-17(29-2)16(23)11-14)19-15-5-3-4-6-18(15)30-21(19)27-22/h7-11H,3-6,12H2,1-2H3,(H,25,26,27). The van der Waals surface area contributed by atoms with Crippen molar-refractivity contribution in [3.8, 4) is 11.7 Å². The molecule has 4 aromatic rings. The summed E-state index contributed by atoms with van der Waals surface area (Å²) < 4.78 is 7.18. The molecule has 0 atom stereocenters. The molecular weight excluding hydrogens is 418 g/mol. The van der Waals surface area contributed by atoms with Gasteiger partial charge in [0, 0.05) is 23.8 Å². The highest BCUT2D eigenvalue weighted by Gasteiger charge is 2.22. The summed E-state index contributed by atoms with van der Waals surface area (Å²) in [5, 5.41) is 5.32. The fourth-order valence-corrected chi connectivity index (χ4v) is 5.51. The SMILES string of the molecule is COc1ccc(CNc2nc(-n3ccnc3C)nc3sc4c(c23)CCCC4)cc1Cl. The fraction of sp³-hybridized carbons (Fsp3) is 0.318. The molecule has 5 rings (SSSR count). The van der Waals surface area contributed by atoms with Crippen LogP contribution in [0.3, 0.4) is 0 Å². The van der Waals surface area contributed by atoms with E-state index in [1.54, 1.807) is 24.6 Å². The average Bonchev–Trinajstić information content (AvgIpc) is 3.35. The number of thiophene rings is 1. The van der Waals surface area contributed by atoms with Gasteiger partial charge in [-0.2, -0.15) is 4.98 Å². The number of anilines is 1. The number of nitrogens with zero attached hydrogens (tertiary/aromatic N) is 4. The lowest BCUT2D eigenvalue weighted by Gasteiger charge is -2.14. The van der Waals surface area contributed by atoms with Gasteiger partial charge in [0.2, 0.25) is 5.95 Å². The van der Waals surface area contributed by atoms with Crippen LogP contribution in [0.25, 0.3) is 16.2 Å². The molecule has 0 saturated carbocycles. The zero-order valence-electron chi connectivity index (χ0n) is 16.9. The zero-order valence-corrected chi connectivity index (χ0v) is 18.5. The minimum Gasteiger partial charge on any atom is -0.495 e. The number of benzene rings is 1. The van der Waals surface area contributed by atoms with Crippen LogP contribution in [0.1, 0.15) is 34.7 Å². The van der Waals surface area contributed by atoms with Crippen LogP contribution in [-0.2, 0) is 19.4 Å². The van der Waals surface area contributed by atoms with Gasteiger partial charge in [-0.15, -0.1) is 11.3 Å².